The van der Waals surface area contributed by atoms with Crippen molar-refractivity contribution in [1.29, 1.82) is 0 Å². The molecule has 2 aromatic carbocycles. The lowest BCUT2D eigenvalue weighted by atomic mass is 10.2. The second-order valence-corrected chi connectivity index (χ2v) is 8.21. The molecule has 0 radical (unpaired) electrons. The number of amides is 2. The normalized spacial score (nSPS) is 10.7. The summed E-state index contributed by atoms with van der Waals surface area (Å²) in [6, 6.07) is 16.0. The number of carbonyl (C=O) groups excluding carboxylic acids is 1. The molecule has 10 heteroatoms. The van der Waals surface area contributed by atoms with Crippen molar-refractivity contribution >= 4 is 40.3 Å². The number of anilines is 2. The van der Waals surface area contributed by atoms with Gasteiger partial charge in [0.15, 0.2) is 0 Å². The fourth-order valence-electron chi connectivity index (χ4n) is 3.24. The van der Waals surface area contributed by atoms with Gasteiger partial charge in [-0.1, -0.05) is 6.07 Å². The topological polar surface area (TPSA) is 110 Å². The summed E-state index contributed by atoms with van der Waals surface area (Å²) < 4.78 is 5.77. The molecular weight excluding hydrogens is 440 g/mol. The van der Waals surface area contributed by atoms with Crippen LogP contribution in [0.1, 0.15) is 5.56 Å². The zero-order chi connectivity index (χ0) is 23.4. The van der Waals surface area contributed by atoms with E-state index in [2.05, 4.69) is 20.3 Å². The quantitative estimate of drug-likeness (QED) is 0.380. The molecular formula is C23H22N6O3S. The van der Waals surface area contributed by atoms with E-state index >= 15 is 0 Å². The van der Waals surface area contributed by atoms with E-state index in [4.69, 9.17) is 0 Å². The van der Waals surface area contributed by atoms with Gasteiger partial charge in [0.2, 0.25) is 0 Å². The van der Waals surface area contributed by atoms with Crippen LogP contribution in [-0.2, 0) is 20.6 Å². The van der Waals surface area contributed by atoms with E-state index < -0.39 is 0 Å². The third-order valence-corrected chi connectivity index (χ3v) is 5.87. The number of aryl methyl sites for hydroxylation is 1. The Hall–Kier alpha value is -4.05. The van der Waals surface area contributed by atoms with Gasteiger partial charge in [0.05, 0.1) is 10.9 Å². The molecule has 0 atom stereocenters. The fraction of sp³-hybridized carbons (Fsp3) is 0.130. The minimum Gasteiger partial charge on any atom is -0.334 e. The Labute approximate surface area is 193 Å². The predicted molar refractivity (Wildman–Crippen MR) is 130 cm³/mol. The summed E-state index contributed by atoms with van der Waals surface area (Å²) in [5.74, 6) is 0. The maximum atomic E-state index is 12.5. The molecule has 33 heavy (non-hydrogen) atoms. The number of hydrogen-bond acceptors (Lipinski definition) is 6. The number of fused-ring (bicyclic) bond motifs is 1. The SMILES string of the molecule is Cn1c(=O)c2cc(SNc3ccc(NC(=O)NCc4cccnc4)cc3)ccc2n(C)c1=O. The van der Waals surface area contributed by atoms with Crippen LogP contribution in [0.2, 0.25) is 0 Å². The van der Waals surface area contributed by atoms with Crippen LogP contribution in [-0.4, -0.2) is 20.1 Å². The first kappa shape index (κ1) is 22.2. The summed E-state index contributed by atoms with van der Waals surface area (Å²) in [5, 5.41) is 6.04. The first-order valence-electron chi connectivity index (χ1n) is 10.1. The Balaban J connectivity index is 1.36. The molecule has 0 bridgehead atoms. The highest BCUT2D eigenvalue weighted by Gasteiger charge is 2.09. The number of benzene rings is 2. The van der Waals surface area contributed by atoms with E-state index in [0.717, 1.165) is 20.7 Å². The maximum Gasteiger partial charge on any atom is 0.330 e. The van der Waals surface area contributed by atoms with E-state index in [1.165, 1.54) is 23.6 Å². The van der Waals surface area contributed by atoms with Crippen molar-refractivity contribution in [1.82, 2.24) is 19.4 Å². The Morgan fingerprint density at radius 1 is 1.00 bits per heavy atom. The Bertz CT molecular complexity index is 1410. The van der Waals surface area contributed by atoms with Crippen molar-refractivity contribution in [3.8, 4) is 0 Å². The molecule has 0 unspecified atom stereocenters. The molecule has 0 saturated heterocycles. The largest absolute Gasteiger partial charge is 0.334 e. The van der Waals surface area contributed by atoms with Crippen LogP contribution in [0.15, 0.2) is 81.5 Å². The average Bonchev–Trinajstić information content (AvgIpc) is 2.85. The van der Waals surface area contributed by atoms with Gasteiger partial charge in [-0.25, -0.2) is 9.59 Å². The van der Waals surface area contributed by atoms with Crippen molar-refractivity contribution < 1.29 is 4.79 Å². The lowest BCUT2D eigenvalue weighted by Crippen LogP contribution is -2.36. The minimum atomic E-state index is -0.356. The van der Waals surface area contributed by atoms with Gasteiger partial charge in [-0.3, -0.25) is 18.9 Å². The highest BCUT2D eigenvalue weighted by molar-refractivity contribution is 8.00. The van der Waals surface area contributed by atoms with Crippen LogP contribution in [0.4, 0.5) is 16.2 Å². The molecule has 0 fully saturated rings. The van der Waals surface area contributed by atoms with Crippen molar-refractivity contribution in [2.45, 2.75) is 11.4 Å². The zero-order valence-corrected chi connectivity index (χ0v) is 18.8. The van der Waals surface area contributed by atoms with Crippen molar-refractivity contribution in [3.63, 3.8) is 0 Å². The second-order valence-electron chi connectivity index (χ2n) is 7.34. The molecule has 0 aliphatic rings. The molecule has 0 spiro atoms. The summed E-state index contributed by atoms with van der Waals surface area (Å²) in [6.07, 6.45) is 3.38. The molecule has 4 aromatic rings. The first-order valence-corrected chi connectivity index (χ1v) is 10.9. The van der Waals surface area contributed by atoms with Gasteiger partial charge in [-0.2, -0.15) is 0 Å². The van der Waals surface area contributed by atoms with E-state index in [1.807, 2.05) is 30.3 Å². The standard InChI is InChI=1S/C23H22N6O3S/c1-28-20-10-9-18(12-19(20)21(30)29(2)23(28)32)33-27-17-7-5-16(6-8-17)26-22(31)25-14-15-4-3-11-24-13-15/h3-13,27H,14H2,1-2H3,(H2,25,26,31). The van der Waals surface area contributed by atoms with Gasteiger partial charge < -0.3 is 15.4 Å². The summed E-state index contributed by atoms with van der Waals surface area (Å²) in [5.41, 5.74) is 2.31. The lowest BCUT2D eigenvalue weighted by molar-refractivity contribution is 0.251. The third-order valence-electron chi connectivity index (χ3n) is 5.04. The molecule has 0 aliphatic carbocycles. The van der Waals surface area contributed by atoms with Crippen molar-refractivity contribution in [3.05, 3.63) is 93.4 Å². The number of urea groups is 1. The Kier molecular flexibility index (Phi) is 6.45. The molecule has 0 saturated carbocycles. The van der Waals surface area contributed by atoms with Crippen LogP contribution in [0.3, 0.4) is 0 Å². The predicted octanol–water partition coefficient (Wildman–Crippen LogP) is 3.07. The summed E-state index contributed by atoms with van der Waals surface area (Å²) in [4.78, 5) is 41.4. The number of nitrogens with zero attached hydrogens (tertiary/aromatic N) is 3. The second kappa shape index (κ2) is 9.61. The molecule has 4 rings (SSSR count). The molecule has 2 amide bonds. The number of pyridine rings is 1. The number of rotatable bonds is 6. The van der Waals surface area contributed by atoms with Crippen LogP contribution in [0, 0.1) is 0 Å². The van der Waals surface area contributed by atoms with Gasteiger partial charge in [-0.05, 0) is 66.0 Å². The first-order chi connectivity index (χ1) is 15.9. The number of hydrogen-bond donors (Lipinski definition) is 3. The molecule has 0 aliphatic heterocycles. The number of aromatic nitrogens is 3. The van der Waals surface area contributed by atoms with Gasteiger partial charge >= 0.3 is 11.7 Å². The highest BCUT2D eigenvalue weighted by atomic mass is 32.2. The summed E-state index contributed by atoms with van der Waals surface area (Å²) in [6.45, 7) is 0.388. The minimum absolute atomic E-state index is 0.305. The molecule has 2 aromatic heterocycles. The van der Waals surface area contributed by atoms with E-state index in [1.54, 1.807) is 43.7 Å². The lowest BCUT2D eigenvalue weighted by Gasteiger charge is -2.11. The third kappa shape index (κ3) is 5.07. The van der Waals surface area contributed by atoms with Crippen molar-refractivity contribution in [2.75, 3.05) is 10.0 Å². The van der Waals surface area contributed by atoms with Crippen LogP contribution >= 0.6 is 11.9 Å². The number of nitrogens with one attached hydrogen (secondary N) is 3. The van der Waals surface area contributed by atoms with E-state index in [9.17, 15) is 14.4 Å². The molecule has 2 heterocycles. The summed E-state index contributed by atoms with van der Waals surface area (Å²) in [7, 11) is 3.11. The van der Waals surface area contributed by atoms with E-state index in [-0.39, 0.29) is 17.3 Å². The molecule has 9 nitrogen and oxygen atoms in total. The maximum absolute atomic E-state index is 12.5. The highest BCUT2D eigenvalue weighted by Crippen LogP contribution is 2.24. The van der Waals surface area contributed by atoms with Gasteiger partial charge in [0, 0.05) is 49.3 Å². The zero-order valence-electron chi connectivity index (χ0n) is 18.0. The number of carbonyl (C=O) groups is 1. The monoisotopic (exact) mass is 462 g/mol. The fourth-order valence-corrected chi connectivity index (χ4v) is 3.92. The van der Waals surface area contributed by atoms with Crippen LogP contribution in [0.5, 0.6) is 0 Å². The van der Waals surface area contributed by atoms with Crippen LogP contribution in [0.25, 0.3) is 10.9 Å². The van der Waals surface area contributed by atoms with E-state index in [0.29, 0.717) is 23.1 Å². The Morgan fingerprint density at radius 3 is 2.48 bits per heavy atom. The Morgan fingerprint density at radius 2 is 1.76 bits per heavy atom. The summed E-state index contributed by atoms with van der Waals surface area (Å²) >= 11 is 1.35. The molecule has 3 N–H and O–H groups in total. The smallest absolute Gasteiger partial charge is 0.330 e. The van der Waals surface area contributed by atoms with Crippen LogP contribution < -0.4 is 26.6 Å². The van der Waals surface area contributed by atoms with Gasteiger partial charge in [-0.15, -0.1) is 0 Å². The van der Waals surface area contributed by atoms with Gasteiger partial charge in [0.1, 0.15) is 0 Å². The van der Waals surface area contributed by atoms with Gasteiger partial charge in [0.25, 0.3) is 5.56 Å². The van der Waals surface area contributed by atoms with Crippen molar-refractivity contribution in [2.24, 2.45) is 14.1 Å². The molecule has 168 valence electrons. The average molecular weight is 463 g/mol.